The van der Waals surface area contributed by atoms with E-state index in [-0.39, 0.29) is 34.6 Å². The minimum atomic E-state index is -5.41. The summed E-state index contributed by atoms with van der Waals surface area (Å²) in [4.78, 5) is 31.8. The van der Waals surface area contributed by atoms with Gasteiger partial charge in [-0.25, -0.2) is 13.8 Å². The number of rotatable bonds is 6. The molecule has 3 heterocycles. The Kier molecular flexibility index (Phi) is 6.29. The molecule has 0 fully saturated rings. The molecule has 2 atom stereocenters. The quantitative estimate of drug-likeness (QED) is 0.267. The Labute approximate surface area is 223 Å². The number of carbonyl (C=O) groups is 2. The maximum atomic E-state index is 14.8. The normalized spacial score (nSPS) is 18.2. The van der Waals surface area contributed by atoms with E-state index in [1.807, 2.05) is 5.32 Å². The van der Waals surface area contributed by atoms with Crippen LogP contribution in [0.3, 0.4) is 0 Å². The average molecular weight is 560 g/mol. The maximum absolute atomic E-state index is 14.8. The zero-order valence-corrected chi connectivity index (χ0v) is 20.7. The first-order chi connectivity index (χ1) is 18.8. The monoisotopic (exact) mass is 560 g/mol. The third-order valence-electron chi connectivity index (χ3n) is 7.04. The van der Waals surface area contributed by atoms with Crippen molar-refractivity contribution in [3.05, 3.63) is 83.2 Å². The summed E-state index contributed by atoms with van der Waals surface area (Å²) < 4.78 is 77.5. The molecule has 0 saturated heterocycles. The molecule has 5 N–H and O–H groups in total. The molecule has 2 aromatic heterocycles. The van der Waals surface area contributed by atoms with Crippen LogP contribution in [-0.2, 0) is 15.8 Å². The Morgan fingerprint density at radius 1 is 1.15 bits per heavy atom. The maximum Gasteiger partial charge on any atom is 0.424 e. The van der Waals surface area contributed by atoms with Crippen molar-refractivity contribution in [2.24, 2.45) is 5.73 Å². The van der Waals surface area contributed by atoms with Crippen LogP contribution in [-0.4, -0.2) is 46.2 Å². The number of aliphatic hydroxyl groups is 1. The second-order valence-electron chi connectivity index (χ2n) is 9.63. The lowest BCUT2D eigenvalue weighted by molar-refractivity contribution is -0.265. The number of aromatic amines is 1. The molecule has 0 spiro atoms. The molecule has 0 radical (unpaired) electrons. The van der Waals surface area contributed by atoms with E-state index in [9.17, 15) is 36.6 Å². The largest absolute Gasteiger partial charge is 0.489 e. The van der Waals surface area contributed by atoms with Crippen molar-refractivity contribution in [2.45, 2.75) is 24.1 Å². The molecular formula is C27H21F5N4O4. The molecule has 2 aromatic carbocycles. The second-order valence-corrected chi connectivity index (χ2v) is 9.63. The van der Waals surface area contributed by atoms with Gasteiger partial charge in [0.25, 0.3) is 5.91 Å². The predicted octanol–water partition coefficient (Wildman–Crippen LogP) is 3.82. The number of nitrogens with zero attached hydrogens (tertiary/aromatic N) is 1. The van der Waals surface area contributed by atoms with E-state index >= 15 is 0 Å². The number of nitrogens with two attached hydrogens (primary N) is 1. The zero-order valence-electron chi connectivity index (χ0n) is 20.7. The standard InChI is InChI=1S/C27H21F5N4O4/c1-25(24(33)38)12-40-22-17(25)10-19(36-21(22)13-2-4-14(28)5-3-13)26(39,27(30,31)32)11-35-23(37)16-6-7-18-15(20(16)29)8-9-34-18/h2-10,34,39H,11-12H2,1H3,(H2,33,38)(H,35,37)/t25-,26?/m0/s1. The Morgan fingerprint density at radius 2 is 1.85 bits per heavy atom. The van der Waals surface area contributed by atoms with Gasteiger partial charge in [0.1, 0.15) is 35.1 Å². The van der Waals surface area contributed by atoms with Gasteiger partial charge < -0.3 is 25.9 Å². The van der Waals surface area contributed by atoms with Gasteiger partial charge in [-0.2, -0.15) is 13.2 Å². The number of aromatic nitrogens is 2. The van der Waals surface area contributed by atoms with Crippen molar-refractivity contribution < 1.29 is 41.4 Å². The molecule has 0 saturated carbocycles. The van der Waals surface area contributed by atoms with Crippen LogP contribution in [0.2, 0.25) is 0 Å². The summed E-state index contributed by atoms with van der Waals surface area (Å²) in [5.41, 5.74) is -1.18. The zero-order chi connectivity index (χ0) is 29.0. The third-order valence-corrected chi connectivity index (χ3v) is 7.04. The van der Waals surface area contributed by atoms with Crippen LogP contribution < -0.4 is 15.8 Å². The van der Waals surface area contributed by atoms with E-state index in [2.05, 4.69) is 9.97 Å². The van der Waals surface area contributed by atoms with E-state index in [0.717, 1.165) is 24.3 Å². The fraction of sp³-hybridized carbons (Fsp3) is 0.222. The molecule has 1 unspecified atom stereocenters. The number of fused-ring (bicyclic) bond motifs is 2. The summed E-state index contributed by atoms with van der Waals surface area (Å²) in [5.74, 6) is -3.78. The number of primary amides is 1. The number of amides is 2. The summed E-state index contributed by atoms with van der Waals surface area (Å²) in [6.07, 6.45) is -3.98. The molecule has 1 aliphatic heterocycles. The fourth-order valence-electron chi connectivity index (χ4n) is 4.51. The highest BCUT2D eigenvalue weighted by atomic mass is 19.4. The van der Waals surface area contributed by atoms with Gasteiger partial charge in [-0.15, -0.1) is 0 Å². The van der Waals surface area contributed by atoms with E-state index in [1.165, 1.54) is 37.4 Å². The molecule has 5 rings (SSSR count). The number of alkyl halides is 3. The Hall–Kier alpha value is -4.52. The van der Waals surface area contributed by atoms with E-state index in [4.69, 9.17) is 10.5 Å². The van der Waals surface area contributed by atoms with Gasteiger partial charge in [0, 0.05) is 28.2 Å². The Morgan fingerprint density at radius 3 is 2.50 bits per heavy atom. The van der Waals surface area contributed by atoms with Gasteiger partial charge in [0.2, 0.25) is 11.5 Å². The number of pyridine rings is 1. The summed E-state index contributed by atoms with van der Waals surface area (Å²) in [6, 6.07) is 9.23. The van der Waals surface area contributed by atoms with Gasteiger partial charge >= 0.3 is 6.18 Å². The number of benzene rings is 2. The number of nitrogens with one attached hydrogen (secondary N) is 2. The van der Waals surface area contributed by atoms with E-state index in [0.29, 0.717) is 5.52 Å². The third kappa shape index (κ3) is 4.22. The van der Waals surface area contributed by atoms with Crippen molar-refractivity contribution >= 4 is 22.7 Å². The van der Waals surface area contributed by atoms with Crippen LogP contribution in [0.25, 0.3) is 22.2 Å². The fourth-order valence-corrected chi connectivity index (χ4v) is 4.51. The molecule has 4 aromatic rings. The molecule has 0 aliphatic carbocycles. The first-order valence-corrected chi connectivity index (χ1v) is 11.8. The summed E-state index contributed by atoms with van der Waals surface area (Å²) in [7, 11) is 0. The van der Waals surface area contributed by atoms with Gasteiger partial charge in [-0.1, -0.05) is 0 Å². The first-order valence-electron chi connectivity index (χ1n) is 11.8. The van der Waals surface area contributed by atoms with Crippen LogP contribution in [0.1, 0.15) is 28.5 Å². The van der Waals surface area contributed by atoms with E-state index in [1.54, 1.807) is 0 Å². The smallest absolute Gasteiger partial charge is 0.424 e. The molecule has 1 aliphatic rings. The lowest BCUT2D eigenvalue weighted by Crippen LogP contribution is -2.52. The molecule has 13 heteroatoms. The van der Waals surface area contributed by atoms with Gasteiger partial charge in [0.15, 0.2) is 0 Å². The highest BCUT2D eigenvalue weighted by Gasteiger charge is 2.57. The van der Waals surface area contributed by atoms with Gasteiger partial charge in [-0.3, -0.25) is 9.59 Å². The van der Waals surface area contributed by atoms with Gasteiger partial charge in [-0.05, 0) is 55.5 Å². The van der Waals surface area contributed by atoms with E-state index < -0.39 is 58.4 Å². The number of ether oxygens (including phenoxy) is 1. The van der Waals surface area contributed by atoms with Crippen molar-refractivity contribution in [1.82, 2.24) is 15.3 Å². The summed E-state index contributed by atoms with van der Waals surface area (Å²) in [6.45, 7) is -0.421. The molecule has 40 heavy (non-hydrogen) atoms. The van der Waals surface area contributed by atoms with Crippen LogP contribution >= 0.6 is 0 Å². The molecule has 2 amide bonds. The number of halogens is 5. The minimum Gasteiger partial charge on any atom is -0.489 e. The summed E-state index contributed by atoms with van der Waals surface area (Å²) in [5, 5.41) is 13.1. The number of hydrogen-bond acceptors (Lipinski definition) is 5. The minimum absolute atomic E-state index is 0.0497. The molecular weight excluding hydrogens is 539 g/mol. The topological polar surface area (TPSA) is 130 Å². The van der Waals surface area contributed by atoms with Crippen LogP contribution in [0.15, 0.2) is 54.7 Å². The van der Waals surface area contributed by atoms with Crippen LogP contribution in [0, 0.1) is 11.6 Å². The number of carbonyl (C=O) groups excluding carboxylic acids is 2. The van der Waals surface area contributed by atoms with Crippen LogP contribution in [0.4, 0.5) is 22.0 Å². The molecule has 8 nitrogen and oxygen atoms in total. The number of hydrogen-bond donors (Lipinski definition) is 4. The van der Waals surface area contributed by atoms with Crippen LogP contribution in [0.5, 0.6) is 5.75 Å². The Balaban J connectivity index is 1.60. The highest BCUT2D eigenvalue weighted by Crippen LogP contribution is 2.47. The Bertz CT molecular complexity index is 1650. The summed E-state index contributed by atoms with van der Waals surface area (Å²) >= 11 is 0. The van der Waals surface area contributed by atoms with Crippen molar-refractivity contribution in [3.63, 3.8) is 0 Å². The van der Waals surface area contributed by atoms with Crippen molar-refractivity contribution in [2.75, 3.05) is 13.2 Å². The molecule has 0 bridgehead atoms. The molecule has 208 valence electrons. The van der Waals surface area contributed by atoms with Gasteiger partial charge in [0.05, 0.1) is 17.8 Å². The number of H-pyrrole nitrogens is 1. The lowest BCUT2D eigenvalue weighted by Gasteiger charge is -2.31. The van der Waals surface area contributed by atoms with Crippen molar-refractivity contribution in [1.29, 1.82) is 0 Å². The second kappa shape index (κ2) is 9.30. The lowest BCUT2D eigenvalue weighted by atomic mass is 9.81. The predicted molar refractivity (Wildman–Crippen MR) is 132 cm³/mol. The van der Waals surface area contributed by atoms with Crippen molar-refractivity contribution in [3.8, 4) is 17.0 Å². The SMILES string of the molecule is C[C@]1(C(N)=O)COc2c1cc(C(O)(CNC(=O)c1ccc3[nH]ccc3c1F)C(F)(F)F)nc2-c1ccc(F)cc1. The highest BCUT2D eigenvalue weighted by molar-refractivity contribution is 5.98. The first kappa shape index (κ1) is 27.1. The average Bonchev–Trinajstić information content (AvgIpc) is 3.53.